The van der Waals surface area contributed by atoms with Crippen molar-refractivity contribution in [1.82, 2.24) is 0 Å². The molecule has 2 aromatic rings. The summed E-state index contributed by atoms with van der Waals surface area (Å²) in [6, 6.07) is 14.8. The number of hydrogen-bond donors (Lipinski definition) is 1. The molecule has 0 radical (unpaired) electrons. The number of halogens is 2. The fraction of sp³-hybridized carbons (Fsp3) is 0.133. The zero-order valence-electron chi connectivity index (χ0n) is 10.2. The van der Waals surface area contributed by atoms with E-state index in [-0.39, 0.29) is 5.91 Å². The minimum atomic E-state index is -0.196. The van der Waals surface area contributed by atoms with Crippen LogP contribution in [0.1, 0.15) is 15.9 Å². The molecule has 2 nitrogen and oxygen atoms in total. The Kier molecular flexibility index (Phi) is 5.00. The fourth-order valence-electron chi connectivity index (χ4n) is 1.71. The lowest BCUT2D eigenvalue weighted by Crippen LogP contribution is -2.12. The van der Waals surface area contributed by atoms with E-state index < -0.39 is 0 Å². The average Bonchev–Trinajstić information content (AvgIpc) is 2.42. The molecule has 0 atom stereocenters. The first-order chi connectivity index (χ1) is 9.20. The fourth-order valence-corrected chi connectivity index (χ4v) is 2.39. The molecule has 0 fully saturated rings. The average molecular weight is 339 g/mol. The van der Waals surface area contributed by atoms with Gasteiger partial charge in [0.2, 0.25) is 0 Å². The van der Waals surface area contributed by atoms with E-state index >= 15 is 0 Å². The second-order valence-corrected chi connectivity index (χ2v) is 5.27. The molecular weight excluding hydrogens is 326 g/mol. The molecule has 19 heavy (non-hydrogen) atoms. The molecule has 1 amide bonds. The van der Waals surface area contributed by atoms with Crippen molar-refractivity contribution in [3.05, 3.63) is 64.7 Å². The summed E-state index contributed by atoms with van der Waals surface area (Å²) in [6.07, 6.45) is 0.971. The number of carbonyl (C=O) groups is 1. The zero-order valence-corrected chi connectivity index (χ0v) is 12.5. The van der Waals surface area contributed by atoms with E-state index in [1.807, 2.05) is 24.3 Å². The van der Waals surface area contributed by atoms with E-state index in [4.69, 9.17) is 11.6 Å². The minimum Gasteiger partial charge on any atom is -0.322 e. The van der Waals surface area contributed by atoms with Crippen LogP contribution in [0.4, 0.5) is 5.69 Å². The van der Waals surface area contributed by atoms with Crippen molar-refractivity contribution in [1.29, 1.82) is 0 Å². The Morgan fingerprint density at radius 1 is 1.11 bits per heavy atom. The summed E-state index contributed by atoms with van der Waals surface area (Å²) in [5.74, 6) is -0.196. The molecule has 0 aromatic heterocycles. The van der Waals surface area contributed by atoms with Crippen molar-refractivity contribution in [3.63, 3.8) is 0 Å². The quantitative estimate of drug-likeness (QED) is 0.815. The Bertz CT molecular complexity index is 569. The summed E-state index contributed by atoms with van der Waals surface area (Å²) in [4.78, 5) is 12.0. The normalized spacial score (nSPS) is 10.2. The monoisotopic (exact) mass is 337 g/mol. The van der Waals surface area contributed by atoms with Crippen LogP contribution < -0.4 is 5.32 Å². The van der Waals surface area contributed by atoms with E-state index in [0.717, 1.165) is 17.4 Å². The van der Waals surface area contributed by atoms with E-state index in [1.54, 1.807) is 24.3 Å². The summed E-state index contributed by atoms with van der Waals surface area (Å²) in [7, 11) is 0. The number of nitrogens with one attached hydrogen (secondary N) is 1. The summed E-state index contributed by atoms with van der Waals surface area (Å²) < 4.78 is 0. The Labute approximate surface area is 125 Å². The van der Waals surface area contributed by atoms with E-state index in [2.05, 4.69) is 21.2 Å². The van der Waals surface area contributed by atoms with E-state index in [1.165, 1.54) is 5.56 Å². The van der Waals surface area contributed by atoms with Gasteiger partial charge in [-0.25, -0.2) is 0 Å². The van der Waals surface area contributed by atoms with Gasteiger partial charge in [-0.3, -0.25) is 4.79 Å². The van der Waals surface area contributed by atoms with Crippen LogP contribution >= 0.6 is 27.5 Å². The van der Waals surface area contributed by atoms with Crippen molar-refractivity contribution < 1.29 is 4.79 Å². The van der Waals surface area contributed by atoms with Gasteiger partial charge in [0.1, 0.15) is 0 Å². The smallest absolute Gasteiger partial charge is 0.257 e. The molecule has 0 bridgehead atoms. The third-order valence-electron chi connectivity index (χ3n) is 2.71. The molecule has 98 valence electrons. The minimum absolute atomic E-state index is 0.196. The van der Waals surface area contributed by atoms with Gasteiger partial charge >= 0.3 is 0 Å². The van der Waals surface area contributed by atoms with Crippen LogP contribution in [0.5, 0.6) is 0 Å². The number of amides is 1. The second kappa shape index (κ2) is 6.73. The third-order valence-corrected chi connectivity index (χ3v) is 3.44. The van der Waals surface area contributed by atoms with E-state index in [9.17, 15) is 4.79 Å². The third kappa shape index (κ3) is 3.82. The molecule has 0 spiro atoms. The van der Waals surface area contributed by atoms with Gasteiger partial charge in [-0.15, -0.1) is 0 Å². The van der Waals surface area contributed by atoms with Gasteiger partial charge in [0, 0.05) is 11.0 Å². The second-order valence-electron chi connectivity index (χ2n) is 4.07. The maximum atomic E-state index is 12.0. The van der Waals surface area contributed by atoms with Crippen LogP contribution in [0.2, 0.25) is 5.02 Å². The highest BCUT2D eigenvalue weighted by molar-refractivity contribution is 9.09. The van der Waals surface area contributed by atoms with Crippen molar-refractivity contribution in [2.45, 2.75) is 6.42 Å². The first-order valence-corrected chi connectivity index (χ1v) is 7.41. The lowest BCUT2D eigenvalue weighted by Gasteiger charge is -2.07. The van der Waals surface area contributed by atoms with Gasteiger partial charge in [0.15, 0.2) is 0 Å². The largest absolute Gasteiger partial charge is 0.322 e. The maximum absolute atomic E-state index is 12.0. The molecule has 0 saturated heterocycles. The standard InChI is InChI=1S/C15H13BrClNO/c16-10-9-11-5-7-12(8-6-11)18-15(19)13-3-1-2-4-14(13)17/h1-8H,9-10H2,(H,18,19). The lowest BCUT2D eigenvalue weighted by atomic mass is 10.1. The van der Waals surface area contributed by atoms with Crippen molar-refractivity contribution in [3.8, 4) is 0 Å². The first-order valence-electron chi connectivity index (χ1n) is 5.91. The molecule has 0 saturated carbocycles. The van der Waals surface area contributed by atoms with Crippen LogP contribution in [-0.2, 0) is 6.42 Å². The molecule has 0 aliphatic heterocycles. The topological polar surface area (TPSA) is 29.1 Å². The van der Waals surface area contributed by atoms with Gasteiger partial charge in [0.25, 0.3) is 5.91 Å². The highest BCUT2D eigenvalue weighted by Crippen LogP contribution is 2.17. The van der Waals surface area contributed by atoms with Crippen LogP contribution in [0.3, 0.4) is 0 Å². The number of rotatable bonds is 4. The number of hydrogen-bond acceptors (Lipinski definition) is 1. The predicted octanol–water partition coefficient (Wildman–Crippen LogP) is 4.53. The highest BCUT2D eigenvalue weighted by atomic mass is 79.9. The molecule has 0 aliphatic carbocycles. The Hall–Kier alpha value is -1.32. The molecule has 0 aliphatic rings. The number of carbonyl (C=O) groups excluding carboxylic acids is 1. The predicted molar refractivity (Wildman–Crippen MR) is 83.3 cm³/mol. The molecule has 0 heterocycles. The molecule has 0 unspecified atom stereocenters. The summed E-state index contributed by atoms with van der Waals surface area (Å²) >= 11 is 9.38. The summed E-state index contributed by atoms with van der Waals surface area (Å²) in [5.41, 5.74) is 2.48. The summed E-state index contributed by atoms with van der Waals surface area (Å²) in [5, 5.41) is 4.22. The van der Waals surface area contributed by atoms with Gasteiger partial charge in [-0.2, -0.15) is 0 Å². The number of alkyl halides is 1. The van der Waals surface area contributed by atoms with E-state index in [0.29, 0.717) is 10.6 Å². The zero-order chi connectivity index (χ0) is 13.7. The summed E-state index contributed by atoms with van der Waals surface area (Å²) in [6.45, 7) is 0. The van der Waals surface area contributed by atoms with Crippen LogP contribution in [0, 0.1) is 0 Å². The first kappa shape index (κ1) is 14.1. The number of anilines is 1. The Balaban J connectivity index is 2.09. The molecule has 2 aromatic carbocycles. The van der Waals surface area contributed by atoms with Gasteiger partial charge in [0.05, 0.1) is 10.6 Å². The molecule has 4 heteroatoms. The van der Waals surface area contributed by atoms with Crippen LogP contribution in [0.25, 0.3) is 0 Å². The van der Waals surface area contributed by atoms with Crippen molar-refractivity contribution in [2.75, 3.05) is 10.6 Å². The lowest BCUT2D eigenvalue weighted by molar-refractivity contribution is 0.102. The Morgan fingerprint density at radius 3 is 2.42 bits per heavy atom. The Morgan fingerprint density at radius 2 is 1.79 bits per heavy atom. The van der Waals surface area contributed by atoms with Gasteiger partial charge < -0.3 is 5.32 Å². The van der Waals surface area contributed by atoms with Crippen molar-refractivity contribution >= 4 is 39.1 Å². The van der Waals surface area contributed by atoms with Crippen LogP contribution in [0.15, 0.2) is 48.5 Å². The van der Waals surface area contributed by atoms with Crippen molar-refractivity contribution in [2.24, 2.45) is 0 Å². The van der Waals surface area contributed by atoms with Gasteiger partial charge in [-0.1, -0.05) is 51.8 Å². The van der Waals surface area contributed by atoms with Crippen LogP contribution in [-0.4, -0.2) is 11.2 Å². The number of benzene rings is 2. The highest BCUT2D eigenvalue weighted by Gasteiger charge is 2.09. The molecule has 1 N–H and O–H groups in total. The molecule has 2 rings (SSSR count). The SMILES string of the molecule is O=C(Nc1ccc(CCBr)cc1)c1ccccc1Cl. The number of aryl methyl sites for hydroxylation is 1. The molecular formula is C15H13BrClNO. The maximum Gasteiger partial charge on any atom is 0.257 e. The van der Waals surface area contributed by atoms with Gasteiger partial charge in [-0.05, 0) is 36.2 Å².